The predicted molar refractivity (Wildman–Crippen MR) is 43.5 cm³/mol. The molecule has 0 aliphatic heterocycles. The molecule has 0 aromatic heterocycles. The highest BCUT2D eigenvalue weighted by molar-refractivity contribution is 5.68. The van der Waals surface area contributed by atoms with Crippen LogP contribution in [0.5, 0.6) is 0 Å². The molecule has 0 saturated carbocycles. The second-order valence-corrected chi connectivity index (χ2v) is 2.83. The summed E-state index contributed by atoms with van der Waals surface area (Å²) in [6.45, 7) is 0. The quantitative estimate of drug-likeness (QED) is 0.701. The molecule has 0 fully saturated rings. The van der Waals surface area contributed by atoms with E-state index in [1.807, 2.05) is 0 Å². The molecule has 0 aromatic carbocycles. The molecule has 68 valence electrons. The van der Waals surface area contributed by atoms with Crippen LogP contribution in [0.3, 0.4) is 0 Å². The number of halogens is 1. The smallest absolute Gasteiger partial charge is 0.304 e. The molecule has 1 rings (SSSR count). The summed E-state index contributed by atoms with van der Waals surface area (Å²) in [6, 6.07) is 1.47. The maximum atomic E-state index is 13.6. The van der Waals surface area contributed by atoms with E-state index in [1.165, 1.54) is 18.2 Å². The van der Waals surface area contributed by atoms with Crippen molar-refractivity contribution in [3.8, 4) is 6.07 Å². The number of rotatable bonds is 2. The molecular formula is C9H8FNO2. The number of hydrogen-bond donors (Lipinski definition) is 1. The minimum absolute atomic E-state index is 0.370. The molecule has 1 aliphatic rings. The zero-order chi connectivity index (χ0) is 9.90. The number of carbonyl (C=O) groups is 1. The molecule has 2 atom stereocenters. The lowest BCUT2D eigenvalue weighted by Crippen LogP contribution is -2.31. The molecule has 2 unspecified atom stereocenters. The van der Waals surface area contributed by atoms with Gasteiger partial charge in [-0.25, -0.2) is 4.39 Å². The summed E-state index contributed by atoms with van der Waals surface area (Å²) in [5, 5.41) is 17.0. The molecule has 0 bridgehead atoms. The van der Waals surface area contributed by atoms with Crippen molar-refractivity contribution in [2.24, 2.45) is 5.92 Å². The average molecular weight is 181 g/mol. The molecule has 0 spiro atoms. The van der Waals surface area contributed by atoms with Crippen LogP contribution in [0.1, 0.15) is 6.42 Å². The average Bonchev–Trinajstić information content (AvgIpc) is 2.09. The summed E-state index contributed by atoms with van der Waals surface area (Å²) in [6.07, 6.45) is 5.06. The molecule has 0 amide bonds. The zero-order valence-electron chi connectivity index (χ0n) is 6.77. The highest BCUT2D eigenvalue weighted by Gasteiger charge is 2.37. The minimum atomic E-state index is -2.17. The van der Waals surface area contributed by atoms with Crippen LogP contribution < -0.4 is 0 Å². The molecule has 1 aliphatic carbocycles. The van der Waals surface area contributed by atoms with Gasteiger partial charge in [0.25, 0.3) is 0 Å². The Kier molecular flexibility index (Phi) is 2.47. The van der Waals surface area contributed by atoms with Crippen LogP contribution in [0.2, 0.25) is 0 Å². The first kappa shape index (κ1) is 9.46. The van der Waals surface area contributed by atoms with Crippen molar-refractivity contribution in [3.63, 3.8) is 0 Å². The number of carboxylic acids is 1. The summed E-state index contributed by atoms with van der Waals surface area (Å²) < 4.78 is 13.6. The predicted octanol–water partition coefficient (Wildman–Crippen LogP) is 1.44. The van der Waals surface area contributed by atoms with Crippen LogP contribution in [0, 0.1) is 17.2 Å². The van der Waals surface area contributed by atoms with Gasteiger partial charge >= 0.3 is 5.97 Å². The lowest BCUT2D eigenvalue weighted by atomic mass is 9.84. The summed E-state index contributed by atoms with van der Waals surface area (Å²) >= 11 is 0. The molecule has 0 heterocycles. The summed E-state index contributed by atoms with van der Waals surface area (Å²) in [4.78, 5) is 10.3. The standard InChI is InChI=1S/C9H8FNO2/c10-9(6-11)4-2-1-3-7(9)5-8(12)13/h1-4,7H,5H2,(H,12,13). The summed E-state index contributed by atoms with van der Waals surface area (Å²) in [7, 11) is 0. The zero-order valence-corrected chi connectivity index (χ0v) is 6.77. The van der Waals surface area contributed by atoms with Gasteiger partial charge in [0.15, 0.2) is 0 Å². The number of nitriles is 1. The summed E-state index contributed by atoms with van der Waals surface area (Å²) in [5.74, 6) is -2.00. The van der Waals surface area contributed by atoms with Crippen LogP contribution in [0.15, 0.2) is 24.3 Å². The second kappa shape index (κ2) is 3.40. The van der Waals surface area contributed by atoms with E-state index in [-0.39, 0.29) is 6.42 Å². The van der Waals surface area contributed by atoms with E-state index in [4.69, 9.17) is 10.4 Å². The van der Waals surface area contributed by atoms with Crippen LogP contribution in [-0.2, 0) is 4.79 Å². The van der Waals surface area contributed by atoms with E-state index >= 15 is 0 Å². The molecule has 4 heteroatoms. The largest absolute Gasteiger partial charge is 0.481 e. The number of aliphatic carboxylic acids is 1. The molecule has 0 aromatic rings. The van der Waals surface area contributed by atoms with Crippen molar-refractivity contribution in [2.75, 3.05) is 0 Å². The van der Waals surface area contributed by atoms with Gasteiger partial charge in [-0.05, 0) is 6.08 Å². The van der Waals surface area contributed by atoms with E-state index in [0.29, 0.717) is 0 Å². The third-order valence-corrected chi connectivity index (χ3v) is 1.90. The molecule has 3 nitrogen and oxygen atoms in total. The summed E-state index contributed by atoms with van der Waals surface area (Å²) in [5.41, 5.74) is -2.17. The Morgan fingerprint density at radius 1 is 1.69 bits per heavy atom. The normalized spacial score (nSPS) is 31.2. The molecule has 0 saturated heterocycles. The number of hydrogen-bond acceptors (Lipinski definition) is 2. The molecule has 1 N–H and O–H groups in total. The van der Waals surface area contributed by atoms with Crippen molar-refractivity contribution in [3.05, 3.63) is 24.3 Å². The number of nitrogens with zero attached hydrogens (tertiary/aromatic N) is 1. The highest BCUT2D eigenvalue weighted by atomic mass is 19.1. The van der Waals surface area contributed by atoms with Gasteiger partial charge in [-0.3, -0.25) is 4.79 Å². The molecule has 13 heavy (non-hydrogen) atoms. The van der Waals surface area contributed by atoms with Crippen molar-refractivity contribution < 1.29 is 14.3 Å². The second-order valence-electron chi connectivity index (χ2n) is 2.83. The molecular weight excluding hydrogens is 173 g/mol. The van der Waals surface area contributed by atoms with Gasteiger partial charge in [0.05, 0.1) is 6.42 Å². The SMILES string of the molecule is N#CC1(F)C=CC=CC1CC(=O)O. The van der Waals surface area contributed by atoms with Crippen molar-refractivity contribution >= 4 is 5.97 Å². The lowest BCUT2D eigenvalue weighted by Gasteiger charge is -2.22. The van der Waals surface area contributed by atoms with E-state index in [1.54, 1.807) is 6.08 Å². The fourth-order valence-electron chi connectivity index (χ4n) is 1.18. The first-order valence-electron chi connectivity index (χ1n) is 3.76. The Morgan fingerprint density at radius 3 is 2.92 bits per heavy atom. The first-order valence-corrected chi connectivity index (χ1v) is 3.76. The van der Waals surface area contributed by atoms with Gasteiger partial charge in [-0.1, -0.05) is 18.2 Å². The number of allylic oxidation sites excluding steroid dienone is 4. The Morgan fingerprint density at radius 2 is 2.38 bits per heavy atom. The van der Waals surface area contributed by atoms with E-state index in [2.05, 4.69) is 0 Å². The minimum Gasteiger partial charge on any atom is -0.481 e. The van der Waals surface area contributed by atoms with Crippen LogP contribution in [0.4, 0.5) is 4.39 Å². The van der Waals surface area contributed by atoms with E-state index in [0.717, 1.165) is 6.08 Å². The maximum absolute atomic E-state index is 13.6. The number of carboxylic acid groups (broad SMARTS) is 1. The van der Waals surface area contributed by atoms with Gasteiger partial charge < -0.3 is 5.11 Å². The Bertz CT molecular complexity index is 316. The fourth-order valence-corrected chi connectivity index (χ4v) is 1.18. The molecule has 0 radical (unpaired) electrons. The van der Waals surface area contributed by atoms with Crippen LogP contribution >= 0.6 is 0 Å². The topological polar surface area (TPSA) is 61.1 Å². The third-order valence-electron chi connectivity index (χ3n) is 1.90. The lowest BCUT2D eigenvalue weighted by molar-refractivity contribution is -0.138. The van der Waals surface area contributed by atoms with Gasteiger partial charge in [0.1, 0.15) is 6.07 Å². The first-order chi connectivity index (χ1) is 6.08. The van der Waals surface area contributed by atoms with Crippen molar-refractivity contribution in [1.82, 2.24) is 0 Å². The Hall–Kier alpha value is -1.63. The highest BCUT2D eigenvalue weighted by Crippen LogP contribution is 2.30. The maximum Gasteiger partial charge on any atom is 0.304 e. The monoisotopic (exact) mass is 181 g/mol. The fraction of sp³-hybridized carbons (Fsp3) is 0.333. The Balaban J connectivity index is 2.84. The third kappa shape index (κ3) is 1.94. The Labute approximate surface area is 74.8 Å². The van der Waals surface area contributed by atoms with Gasteiger partial charge in [-0.2, -0.15) is 5.26 Å². The van der Waals surface area contributed by atoms with E-state index < -0.39 is 17.6 Å². The van der Waals surface area contributed by atoms with Crippen LogP contribution in [-0.4, -0.2) is 16.7 Å². The van der Waals surface area contributed by atoms with Gasteiger partial charge in [0, 0.05) is 5.92 Å². The number of alkyl halides is 1. The van der Waals surface area contributed by atoms with Gasteiger partial charge in [-0.15, -0.1) is 0 Å². The van der Waals surface area contributed by atoms with Crippen LogP contribution in [0.25, 0.3) is 0 Å². The van der Waals surface area contributed by atoms with Gasteiger partial charge in [0.2, 0.25) is 5.67 Å². The van der Waals surface area contributed by atoms with Crippen molar-refractivity contribution in [2.45, 2.75) is 12.1 Å². The van der Waals surface area contributed by atoms with Crippen molar-refractivity contribution in [1.29, 1.82) is 5.26 Å². The van der Waals surface area contributed by atoms with E-state index in [9.17, 15) is 9.18 Å².